The van der Waals surface area contributed by atoms with Gasteiger partial charge in [0.1, 0.15) is 0 Å². The van der Waals surface area contributed by atoms with Crippen molar-refractivity contribution in [3.05, 3.63) is 48.3 Å². The highest BCUT2D eigenvalue weighted by Gasteiger charge is 2.38. The molecular weight excluding hydrogens is 312 g/mol. The Bertz CT molecular complexity index is 710. The lowest BCUT2D eigenvalue weighted by Crippen LogP contribution is -2.47. The van der Waals surface area contributed by atoms with E-state index in [2.05, 4.69) is 21.9 Å². The first-order valence-corrected chi connectivity index (χ1v) is 9.31. The number of carbonyl (C=O) groups is 1. The summed E-state index contributed by atoms with van der Waals surface area (Å²) in [6, 6.07) is 11.0. The van der Waals surface area contributed by atoms with Crippen LogP contribution in [0, 0.1) is 0 Å². The van der Waals surface area contributed by atoms with Crippen molar-refractivity contribution in [2.24, 2.45) is 0 Å². The van der Waals surface area contributed by atoms with Gasteiger partial charge >= 0.3 is 0 Å². The van der Waals surface area contributed by atoms with Gasteiger partial charge in [0.05, 0.1) is 12.1 Å². The van der Waals surface area contributed by atoms with E-state index in [1.807, 2.05) is 41.2 Å². The van der Waals surface area contributed by atoms with Crippen molar-refractivity contribution in [2.45, 2.75) is 44.2 Å². The Balaban J connectivity index is 1.42. The van der Waals surface area contributed by atoms with E-state index in [0.717, 1.165) is 37.2 Å². The first-order valence-electron chi connectivity index (χ1n) is 9.31. The van der Waals surface area contributed by atoms with E-state index in [4.69, 9.17) is 0 Å². The highest BCUT2D eigenvalue weighted by molar-refractivity contribution is 5.79. The standard InChI is InChI=1S/C20H26N4O/c1-22-12-2-5-18(22)19-6-3-13-23(19)20(25)15-16-7-9-17(10-8-16)24-14-4-11-21-24/h4,7-11,14,18-19H,2-3,5-6,12-13,15H2,1H3/t18-,19+/m0/s1. The summed E-state index contributed by atoms with van der Waals surface area (Å²) < 4.78 is 1.83. The number of amides is 1. The summed E-state index contributed by atoms with van der Waals surface area (Å²) in [5.41, 5.74) is 2.10. The van der Waals surface area contributed by atoms with E-state index in [-0.39, 0.29) is 5.91 Å². The van der Waals surface area contributed by atoms with Gasteiger partial charge in [-0.3, -0.25) is 4.79 Å². The first kappa shape index (κ1) is 16.3. The molecule has 0 aliphatic carbocycles. The van der Waals surface area contributed by atoms with Crippen LogP contribution in [0.15, 0.2) is 42.7 Å². The van der Waals surface area contributed by atoms with Crippen LogP contribution in [0.4, 0.5) is 0 Å². The lowest BCUT2D eigenvalue weighted by Gasteiger charge is -2.33. The number of rotatable bonds is 4. The molecule has 1 amide bonds. The Morgan fingerprint density at radius 2 is 1.88 bits per heavy atom. The van der Waals surface area contributed by atoms with Crippen LogP contribution in [-0.2, 0) is 11.2 Å². The summed E-state index contributed by atoms with van der Waals surface area (Å²) >= 11 is 0. The molecule has 5 nitrogen and oxygen atoms in total. The molecule has 0 saturated carbocycles. The van der Waals surface area contributed by atoms with Crippen molar-refractivity contribution in [2.75, 3.05) is 20.1 Å². The second kappa shape index (κ2) is 7.00. The van der Waals surface area contributed by atoms with Crippen molar-refractivity contribution in [1.82, 2.24) is 19.6 Å². The van der Waals surface area contributed by atoms with Gasteiger partial charge in [-0.25, -0.2) is 4.68 Å². The number of nitrogens with zero attached hydrogens (tertiary/aromatic N) is 4. The quantitative estimate of drug-likeness (QED) is 0.860. The third-order valence-corrected chi connectivity index (χ3v) is 5.70. The Labute approximate surface area is 149 Å². The van der Waals surface area contributed by atoms with Crippen LogP contribution in [-0.4, -0.2) is 57.7 Å². The summed E-state index contributed by atoms with van der Waals surface area (Å²) in [7, 11) is 2.20. The maximum Gasteiger partial charge on any atom is 0.227 e. The highest BCUT2D eigenvalue weighted by Crippen LogP contribution is 2.29. The molecular formula is C20H26N4O. The molecule has 132 valence electrons. The predicted molar refractivity (Wildman–Crippen MR) is 97.7 cm³/mol. The lowest BCUT2D eigenvalue weighted by atomic mass is 10.0. The molecule has 0 unspecified atom stereocenters. The van der Waals surface area contributed by atoms with Gasteiger partial charge in [0.2, 0.25) is 5.91 Å². The van der Waals surface area contributed by atoms with E-state index >= 15 is 0 Å². The molecule has 2 atom stereocenters. The predicted octanol–water partition coefficient (Wildman–Crippen LogP) is 2.50. The molecule has 2 saturated heterocycles. The molecule has 1 aromatic heterocycles. The van der Waals surface area contributed by atoms with Crippen LogP contribution in [0.5, 0.6) is 0 Å². The Morgan fingerprint density at radius 3 is 2.56 bits per heavy atom. The zero-order valence-electron chi connectivity index (χ0n) is 14.8. The number of hydrogen-bond donors (Lipinski definition) is 0. The highest BCUT2D eigenvalue weighted by atomic mass is 16.2. The maximum absolute atomic E-state index is 12.9. The van der Waals surface area contributed by atoms with Crippen molar-refractivity contribution >= 4 is 5.91 Å². The monoisotopic (exact) mass is 338 g/mol. The van der Waals surface area contributed by atoms with E-state index in [1.165, 1.54) is 12.8 Å². The minimum Gasteiger partial charge on any atom is -0.338 e. The van der Waals surface area contributed by atoms with Crippen molar-refractivity contribution in [3.8, 4) is 5.69 Å². The van der Waals surface area contributed by atoms with E-state index in [0.29, 0.717) is 18.5 Å². The lowest BCUT2D eigenvalue weighted by molar-refractivity contribution is -0.132. The van der Waals surface area contributed by atoms with Crippen LogP contribution >= 0.6 is 0 Å². The average Bonchev–Trinajstić information content (AvgIpc) is 3.36. The number of likely N-dealkylation sites (tertiary alicyclic amines) is 2. The number of likely N-dealkylation sites (N-methyl/N-ethyl adjacent to an activating group) is 1. The molecule has 2 fully saturated rings. The van der Waals surface area contributed by atoms with Crippen LogP contribution in [0.2, 0.25) is 0 Å². The zero-order chi connectivity index (χ0) is 17.2. The fourth-order valence-corrected chi connectivity index (χ4v) is 4.39. The van der Waals surface area contributed by atoms with Crippen LogP contribution in [0.3, 0.4) is 0 Å². The number of hydrogen-bond acceptors (Lipinski definition) is 3. The number of aromatic nitrogens is 2. The third kappa shape index (κ3) is 3.33. The molecule has 2 aliphatic heterocycles. The van der Waals surface area contributed by atoms with Gasteiger partial charge in [-0.15, -0.1) is 0 Å². The largest absolute Gasteiger partial charge is 0.338 e. The molecule has 0 N–H and O–H groups in total. The Morgan fingerprint density at radius 1 is 1.12 bits per heavy atom. The van der Waals surface area contributed by atoms with Gasteiger partial charge in [0, 0.05) is 31.0 Å². The smallest absolute Gasteiger partial charge is 0.227 e. The van der Waals surface area contributed by atoms with Crippen molar-refractivity contribution < 1.29 is 4.79 Å². The number of benzene rings is 1. The topological polar surface area (TPSA) is 41.4 Å². The van der Waals surface area contributed by atoms with Gasteiger partial charge in [0.25, 0.3) is 0 Å². The second-order valence-corrected chi connectivity index (χ2v) is 7.28. The summed E-state index contributed by atoms with van der Waals surface area (Å²) in [5, 5.41) is 4.24. The molecule has 5 heteroatoms. The fraction of sp³-hybridized carbons (Fsp3) is 0.500. The molecule has 25 heavy (non-hydrogen) atoms. The van der Waals surface area contributed by atoms with Gasteiger partial charge in [0.15, 0.2) is 0 Å². The maximum atomic E-state index is 12.9. The van der Waals surface area contributed by atoms with E-state index < -0.39 is 0 Å². The van der Waals surface area contributed by atoms with Gasteiger partial charge in [-0.1, -0.05) is 12.1 Å². The summed E-state index contributed by atoms with van der Waals surface area (Å²) in [4.78, 5) is 17.5. The third-order valence-electron chi connectivity index (χ3n) is 5.70. The van der Waals surface area contributed by atoms with Gasteiger partial charge in [-0.2, -0.15) is 5.10 Å². The van der Waals surface area contributed by atoms with E-state index in [9.17, 15) is 4.79 Å². The van der Waals surface area contributed by atoms with Gasteiger partial charge in [-0.05, 0) is 63.0 Å². The molecule has 4 rings (SSSR count). The Kier molecular flexibility index (Phi) is 4.57. The molecule has 1 aromatic carbocycles. The average molecular weight is 338 g/mol. The summed E-state index contributed by atoms with van der Waals surface area (Å²) in [6.07, 6.45) is 8.96. The van der Waals surface area contributed by atoms with Crippen molar-refractivity contribution in [1.29, 1.82) is 0 Å². The zero-order valence-corrected chi connectivity index (χ0v) is 14.8. The minimum absolute atomic E-state index is 0.273. The molecule has 2 aliphatic rings. The molecule has 0 spiro atoms. The van der Waals surface area contributed by atoms with Crippen molar-refractivity contribution in [3.63, 3.8) is 0 Å². The number of carbonyl (C=O) groups excluding carboxylic acids is 1. The first-order chi connectivity index (χ1) is 12.2. The van der Waals surface area contributed by atoms with Gasteiger partial charge < -0.3 is 9.80 Å². The molecule has 0 bridgehead atoms. The normalized spacial score (nSPS) is 24.1. The van der Waals surface area contributed by atoms with Crippen LogP contribution in [0.1, 0.15) is 31.2 Å². The molecule has 0 radical (unpaired) electrons. The fourth-order valence-electron chi connectivity index (χ4n) is 4.39. The van der Waals surface area contributed by atoms with Crippen LogP contribution in [0.25, 0.3) is 5.69 Å². The Hall–Kier alpha value is -2.14. The molecule has 3 heterocycles. The summed E-state index contributed by atoms with van der Waals surface area (Å²) in [6.45, 7) is 2.08. The SMILES string of the molecule is CN1CCC[C@H]1[C@H]1CCCN1C(=O)Cc1ccc(-n2cccn2)cc1. The molecule has 2 aromatic rings. The second-order valence-electron chi connectivity index (χ2n) is 7.28. The minimum atomic E-state index is 0.273. The summed E-state index contributed by atoms with van der Waals surface area (Å²) in [5.74, 6) is 0.273. The van der Waals surface area contributed by atoms with E-state index in [1.54, 1.807) is 6.20 Å². The van der Waals surface area contributed by atoms with Crippen LogP contribution < -0.4 is 0 Å².